The fraction of sp³-hybridized carbons (Fsp3) is 0.273. The van der Waals surface area contributed by atoms with E-state index in [0.717, 1.165) is 66.0 Å². The molecule has 7 aromatic rings. The van der Waals surface area contributed by atoms with Crippen molar-refractivity contribution in [2.24, 2.45) is 0 Å². The van der Waals surface area contributed by atoms with Gasteiger partial charge >= 0.3 is 0 Å². The van der Waals surface area contributed by atoms with Crippen LogP contribution in [0.1, 0.15) is 0 Å². The van der Waals surface area contributed by atoms with Crippen LogP contribution in [-0.2, 0) is 18.9 Å². The summed E-state index contributed by atoms with van der Waals surface area (Å²) in [4.78, 5) is 9.52. The lowest BCUT2D eigenvalue weighted by Crippen LogP contribution is -2.14. The summed E-state index contributed by atoms with van der Waals surface area (Å²) in [6.07, 6.45) is 0. The Bertz CT molecular complexity index is 2190. The Labute approximate surface area is 313 Å². The van der Waals surface area contributed by atoms with Crippen molar-refractivity contribution in [3.05, 3.63) is 109 Å². The van der Waals surface area contributed by atoms with Crippen LogP contribution in [0, 0.1) is 0 Å². The maximum Gasteiger partial charge on any atom is 0.213 e. The third kappa shape index (κ3) is 8.32. The number of nitrogens with zero attached hydrogens (tertiary/aromatic N) is 2. The van der Waals surface area contributed by atoms with Gasteiger partial charge in [-0.05, 0) is 45.8 Å². The van der Waals surface area contributed by atoms with E-state index < -0.39 is 0 Å². The second-order valence-corrected chi connectivity index (χ2v) is 12.7. The monoisotopic (exact) mass is 726 g/mol. The van der Waals surface area contributed by atoms with Gasteiger partial charge < -0.3 is 37.9 Å². The summed E-state index contributed by atoms with van der Waals surface area (Å²) in [6, 6.07) is 36.7. The van der Waals surface area contributed by atoms with E-state index in [-0.39, 0.29) is 0 Å². The second kappa shape index (κ2) is 17.5. The van der Waals surface area contributed by atoms with Crippen molar-refractivity contribution in [3.63, 3.8) is 0 Å². The molecule has 0 saturated carbocycles. The standard InChI is InChI=1S/C44H42N2O8/c1-3-7-35-31(5-1)11-15-37-41(35)42-36-8-4-2-6-32(36)12-16-38(42)52-28-24-48-20-22-50-26-30-54-40-18-14-34-10-9-33-13-17-39(45-43(33)44(34)46-40)53-29-25-49-21-19-47-23-27-51-37/h1-18H,19-30H2. The Morgan fingerprint density at radius 1 is 0.315 bits per heavy atom. The van der Waals surface area contributed by atoms with Gasteiger partial charge in [-0.15, -0.1) is 0 Å². The highest BCUT2D eigenvalue weighted by molar-refractivity contribution is 6.09. The first kappa shape index (κ1) is 35.5. The third-order valence-corrected chi connectivity index (χ3v) is 9.17. The van der Waals surface area contributed by atoms with Crippen molar-refractivity contribution in [1.82, 2.24) is 9.97 Å². The Morgan fingerprint density at radius 3 is 1.11 bits per heavy atom. The summed E-state index contributed by atoms with van der Waals surface area (Å²) in [5, 5.41) is 6.30. The topological polar surface area (TPSA) is 99.6 Å². The maximum absolute atomic E-state index is 6.45. The Morgan fingerprint density at radius 2 is 0.667 bits per heavy atom. The van der Waals surface area contributed by atoms with Gasteiger partial charge in [0.05, 0.1) is 52.9 Å². The molecule has 54 heavy (non-hydrogen) atoms. The van der Waals surface area contributed by atoms with Gasteiger partial charge in [0.25, 0.3) is 0 Å². The number of pyridine rings is 2. The maximum atomic E-state index is 6.45. The molecule has 0 N–H and O–H groups in total. The van der Waals surface area contributed by atoms with Crippen LogP contribution in [0.25, 0.3) is 54.5 Å². The van der Waals surface area contributed by atoms with E-state index in [2.05, 4.69) is 48.5 Å². The second-order valence-electron chi connectivity index (χ2n) is 12.7. The van der Waals surface area contributed by atoms with Gasteiger partial charge in [-0.2, -0.15) is 0 Å². The minimum absolute atomic E-state index is 0.351. The van der Waals surface area contributed by atoms with E-state index >= 15 is 0 Å². The molecule has 0 radical (unpaired) electrons. The summed E-state index contributed by atoms with van der Waals surface area (Å²) in [6.45, 7) is 4.77. The SMILES string of the molecule is c1ccc2c3c(ccc2c1)OCCOCCOCCOc1ccc2ccc4ccc(nc4c2n1)OCCOCCOCCOc1ccc2ccccc2c1-3. The van der Waals surface area contributed by atoms with Crippen LogP contribution < -0.4 is 18.9 Å². The molecule has 0 unspecified atom stereocenters. The van der Waals surface area contributed by atoms with Gasteiger partial charge in [0.1, 0.15) is 49.0 Å². The minimum atomic E-state index is 0.351. The van der Waals surface area contributed by atoms with Crippen molar-refractivity contribution in [2.75, 3.05) is 79.3 Å². The molecule has 0 amide bonds. The summed E-state index contributed by atoms with van der Waals surface area (Å²) in [7, 11) is 0. The van der Waals surface area contributed by atoms with Crippen molar-refractivity contribution in [2.45, 2.75) is 0 Å². The highest BCUT2D eigenvalue weighted by Gasteiger charge is 2.19. The molecular formula is C44H42N2O8. The van der Waals surface area contributed by atoms with Gasteiger partial charge in [-0.25, -0.2) is 9.97 Å². The lowest BCUT2D eigenvalue weighted by Gasteiger charge is -2.20. The van der Waals surface area contributed by atoms with Crippen LogP contribution >= 0.6 is 0 Å². The molecule has 2 aromatic heterocycles. The molecule has 1 aliphatic heterocycles. The number of rotatable bonds is 0. The van der Waals surface area contributed by atoms with E-state index in [1.165, 1.54) is 0 Å². The Kier molecular flexibility index (Phi) is 11.5. The van der Waals surface area contributed by atoms with Gasteiger partial charge in [0.2, 0.25) is 11.8 Å². The molecule has 0 saturated heterocycles. The van der Waals surface area contributed by atoms with Gasteiger partial charge in [-0.1, -0.05) is 72.8 Å². The van der Waals surface area contributed by atoms with Crippen molar-refractivity contribution in [1.29, 1.82) is 0 Å². The Balaban J connectivity index is 0.989. The normalized spacial score (nSPS) is 15.9. The molecule has 10 heteroatoms. The van der Waals surface area contributed by atoms with Crippen molar-refractivity contribution >= 4 is 43.4 Å². The molecule has 5 aromatic carbocycles. The predicted molar refractivity (Wildman–Crippen MR) is 209 cm³/mol. The molecule has 10 nitrogen and oxygen atoms in total. The minimum Gasteiger partial charge on any atom is -0.491 e. The van der Waals surface area contributed by atoms with Crippen LogP contribution in [0.5, 0.6) is 23.3 Å². The number of ether oxygens (including phenoxy) is 8. The molecule has 276 valence electrons. The quantitative estimate of drug-likeness (QED) is 0.143. The average molecular weight is 727 g/mol. The van der Waals surface area contributed by atoms with Crippen LogP contribution in [0.3, 0.4) is 0 Å². The summed E-state index contributed by atoms with van der Waals surface area (Å²) in [5.74, 6) is 2.53. The molecule has 1 aliphatic rings. The smallest absolute Gasteiger partial charge is 0.213 e. The lowest BCUT2D eigenvalue weighted by atomic mass is 9.92. The number of aromatic nitrogens is 2. The van der Waals surface area contributed by atoms with E-state index in [1.54, 1.807) is 0 Å². The van der Waals surface area contributed by atoms with E-state index in [0.29, 0.717) is 91.0 Å². The molecule has 4 bridgehead atoms. The molecule has 0 aliphatic carbocycles. The van der Waals surface area contributed by atoms with Gasteiger partial charge in [-0.3, -0.25) is 0 Å². The predicted octanol–water partition coefficient (Wildman–Crippen LogP) is 8.05. The Hall–Kier alpha value is -5.52. The zero-order valence-electron chi connectivity index (χ0n) is 30.0. The first-order valence-electron chi connectivity index (χ1n) is 18.4. The van der Waals surface area contributed by atoms with Gasteiger partial charge in [0, 0.05) is 34.0 Å². The highest BCUT2D eigenvalue weighted by atomic mass is 16.6. The van der Waals surface area contributed by atoms with E-state index in [4.69, 9.17) is 47.9 Å². The van der Waals surface area contributed by atoms with Gasteiger partial charge in [0.15, 0.2) is 0 Å². The fourth-order valence-electron chi connectivity index (χ4n) is 6.63. The molecule has 8 rings (SSSR count). The van der Waals surface area contributed by atoms with E-state index in [1.807, 2.05) is 60.7 Å². The molecule has 3 heterocycles. The molecular weight excluding hydrogens is 684 g/mol. The molecule has 0 fully saturated rings. The highest BCUT2D eigenvalue weighted by Crippen LogP contribution is 2.45. The zero-order chi connectivity index (χ0) is 36.4. The van der Waals surface area contributed by atoms with Crippen LogP contribution in [0.2, 0.25) is 0 Å². The summed E-state index contributed by atoms with van der Waals surface area (Å²) >= 11 is 0. The number of hydrogen-bond acceptors (Lipinski definition) is 10. The fourth-order valence-corrected chi connectivity index (χ4v) is 6.63. The summed E-state index contributed by atoms with van der Waals surface area (Å²) in [5.41, 5.74) is 3.45. The first-order valence-corrected chi connectivity index (χ1v) is 18.4. The third-order valence-electron chi connectivity index (χ3n) is 9.17. The number of hydrogen-bond donors (Lipinski definition) is 0. The number of fused-ring (bicyclic) bond motifs is 9. The summed E-state index contributed by atoms with van der Waals surface area (Å²) < 4.78 is 48.1. The average Bonchev–Trinajstić information content (AvgIpc) is 3.21. The molecule has 0 atom stereocenters. The zero-order valence-corrected chi connectivity index (χ0v) is 30.0. The van der Waals surface area contributed by atoms with Crippen LogP contribution in [0.4, 0.5) is 0 Å². The van der Waals surface area contributed by atoms with Crippen molar-refractivity contribution in [3.8, 4) is 34.4 Å². The number of benzene rings is 5. The van der Waals surface area contributed by atoms with Crippen LogP contribution in [0.15, 0.2) is 109 Å². The van der Waals surface area contributed by atoms with Crippen molar-refractivity contribution < 1.29 is 37.9 Å². The van der Waals surface area contributed by atoms with E-state index in [9.17, 15) is 0 Å². The largest absolute Gasteiger partial charge is 0.491 e. The van der Waals surface area contributed by atoms with Crippen LogP contribution in [-0.4, -0.2) is 89.3 Å². The lowest BCUT2D eigenvalue weighted by molar-refractivity contribution is 0.0269. The first-order chi connectivity index (χ1) is 26.8. The molecule has 0 spiro atoms.